The Morgan fingerprint density at radius 1 is 1.12 bits per heavy atom. The van der Waals surface area contributed by atoms with Gasteiger partial charge in [0, 0.05) is 17.9 Å². The minimum absolute atomic E-state index is 0.0748. The van der Waals surface area contributed by atoms with Gasteiger partial charge in [-0.2, -0.15) is 0 Å². The summed E-state index contributed by atoms with van der Waals surface area (Å²) in [5, 5.41) is 3.12. The molecule has 4 rings (SSSR count). The van der Waals surface area contributed by atoms with E-state index < -0.39 is 0 Å². The highest BCUT2D eigenvalue weighted by atomic mass is 16.2. The molecule has 26 heavy (non-hydrogen) atoms. The van der Waals surface area contributed by atoms with Crippen molar-refractivity contribution < 1.29 is 4.79 Å². The number of carbonyl (C=O) groups is 1. The van der Waals surface area contributed by atoms with Gasteiger partial charge in [-0.3, -0.25) is 14.7 Å². The van der Waals surface area contributed by atoms with Crippen molar-refractivity contribution in [2.24, 2.45) is 0 Å². The number of amides is 1. The Labute approximate surface area is 155 Å². The Kier molecular flexibility index (Phi) is 5.02. The summed E-state index contributed by atoms with van der Waals surface area (Å²) < 4.78 is 0. The van der Waals surface area contributed by atoms with E-state index in [2.05, 4.69) is 27.3 Å². The van der Waals surface area contributed by atoms with Crippen LogP contribution in [0.15, 0.2) is 42.5 Å². The zero-order chi connectivity index (χ0) is 17.9. The number of benzene rings is 1. The summed E-state index contributed by atoms with van der Waals surface area (Å²) in [5.74, 6) is 0.854. The predicted molar refractivity (Wildman–Crippen MR) is 104 cm³/mol. The number of piperidine rings is 1. The second-order valence-electron chi connectivity index (χ2n) is 7.64. The van der Waals surface area contributed by atoms with E-state index in [1.165, 1.54) is 18.4 Å². The van der Waals surface area contributed by atoms with Crippen molar-refractivity contribution >= 4 is 11.6 Å². The maximum absolute atomic E-state index is 12.9. The Morgan fingerprint density at radius 2 is 1.92 bits per heavy atom. The lowest BCUT2D eigenvalue weighted by atomic mass is 10.0. The molecule has 1 saturated heterocycles. The molecule has 1 aromatic carbocycles. The van der Waals surface area contributed by atoms with Crippen LogP contribution in [-0.2, 0) is 11.3 Å². The van der Waals surface area contributed by atoms with Gasteiger partial charge in [0.25, 0.3) is 0 Å². The number of nitrogens with one attached hydrogen (secondary N) is 1. The highest BCUT2D eigenvalue weighted by molar-refractivity contribution is 5.94. The van der Waals surface area contributed by atoms with E-state index in [0.717, 1.165) is 55.3 Å². The summed E-state index contributed by atoms with van der Waals surface area (Å²) >= 11 is 0. The molecule has 2 fully saturated rings. The lowest BCUT2D eigenvalue weighted by Gasteiger charge is -2.34. The molecule has 2 aliphatic rings. The van der Waals surface area contributed by atoms with Crippen LogP contribution in [0.1, 0.15) is 55.0 Å². The first-order valence-electron chi connectivity index (χ1n) is 9.76. The summed E-state index contributed by atoms with van der Waals surface area (Å²) in [7, 11) is 0. The summed E-state index contributed by atoms with van der Waals surface area (Å²) in [5.41, 5.74) is 4.36. The van der Waals surface area contributed by atoms with Crippen LogP contribution >= 0.6 is 0 Å². The maximum Gasteiger partial charge on any atom is 0.241 e. The molecule has 0 bridgehead atoms. The smallest absolute Gasteiger partial charge is 0.241 e. The van der Waals surface area contributed by atoms with Crippen molar-refractivity contribution in [2.75, 3.05) is 11.9 Å². The monoisotopic (exact) mass is 349 g/mol. The van der Waals surface area contributed by atoms with Gasteiger partial charge >= 0.3 is 0 Å². The number of aromatic nitrogens is 1. The Morgan fingerprint density at radius 3 is 2.65 bits per heavy atom. The highest BCUT2D eigenvalue weighted by Gasteiger charge is 2.29. The number of hydrogen-bond donors (Lipinski definition) is 1. The molecule has 1 aliphatic carbocycles. The molecule has 1 amide bonds. The summed E-state index contributed by atoms with van der Waals surface area (Å²) in [4.78, 5) is 19.8. The van der Waals surface area contributed by atoms with Crippen molar-refractivity contribution in [3.05, 3.63) is 59.4 Å². The lowest BCUT2D eigenvalue weighted by molar-refractivity contribution is -0.122. The van der Waals surface area contributed by atoms with Crippen LogP contribution in [0.3, 0.4) is 0 Å². The van der Waals surface area contributed by atoms with E-state index in [1.54, 1.807) is 0 Å². The van der Waals surface area contributed by atoms with Crippen molar-refractivity contribution in [1.29, 1.82) is 0 Å². The van der Waals surface area contributed by atoms with Crippen molar-refractivity contribution in [1.82, 2.24) is 9.88 Å². The molecule has 4 heteroatoms. The van der Waals surface area contributed by atoms with Crippen LogP contribution in [0.25, 0.3) is 0 Å². The Hall–Kier alpha value is -2.20. The molecular weight excluding hydrogens is 322 g/mol. The van der Waals surface area contributed by atoms with Crippen LogP contribution in [0, 0.1) is 6.92 Å². The molecule has 2 heterocycles. The SMILES string of the molecule is Cc1cccc(CN2CCCC[C@@H]2C(=O)Nc2ccc(C3CC3)cc2)n1. The second kappa shape index (κ2) is 7.58. The number of hydrogen-bond acceptors (Lipinski definition) is 3. The van der Waals surface area contributed by atoms with Crippen LogP contribution in [0.4, 0.5) is 5.69 Å². The quantitative estimate of drug-likeness (QED) is 0.877. The topological polar surface area (TPSA) is 45.2 Å². The van der Waals surface area contributed by atoms with Gasteiger partial charge in [-0.1, -0.05) is 24.6 Å². The Bertz CT molecular complexity index is 767. The molecule has 1 saturated carbocycles. The van der Waals surface area contributed by atoms with Gasteiger partial charge in [0.1, 0.15) is 0 Å². The number of aryl methyl sites for hydroxylation is 1. The fourth-order valence-corrected chi connectivity index (χ4v) is 3.85. The van der Waals surface area contributed by atoms with E-state index in [-0.39, 0.29) is 11.9 Å². The first-order chi connectivity index (χ1) is 12.7. The average molecular weight is 349 g/mol. The third-order valence-electron chi connectivity index (χ3n) is 5.45. The first kappa shape index (κ1) is 17.2. The van der Waals surface area contributed by atoms with Gasteiger partial charge in [-0.05, 0) is 74.9 Å². The van der Waals surface area contributed by atoms with Crippen molar-refractivity contribution in [2.45, 2.75) is 57.5 Å². The summed E-state index contributed by atoms with van der Waals surface area (Å²) in [6.07, 6.45) is 5.77. The number of carbonyl (C=O) groups excluding carboxylic acids is 1. The largest absolute Gasteiger partial charge is 0.325 e. The van der Waals surface area contributed by atoms with E-state index in [4.69, 9.17) is 0 Å². The molecule has 1 atom stereocenters. The molecule has 2 aromatic rings. The molecule has 0 radical (unpaired) electrons. The van der Waals surface area contributed by atoms with Gasteiger partial charge in [-0.25, -0.2) is 0 Å². The van der Waals surface area contributed by atoms with Gasteiger partial charge in [0.05, 0.1) is 11.7 Å². The van der Waals surface area contributed by atoms with Crippen LogP contribution < -0.4 is 5.32 Å². The number of likely N-dealkylation sites (tertiary alicyclic amines) is 1. The van der Waals surface area contributed by atoms with Gasteiger partial charge in [0.15, 0.2) is 0 Å². The van der Waals surface area contributed by atoms with Crippen LogP contribution in [0.2, 0.25) is 0 Å². The zero-order valence-electron chi connectivity index (χ0n) is 15.4. The van der Waals surface area contributed by atoms with E-state index >= 15 is 0 Å². The zero-order valence-corrected chi connectivity index (χ0v) is 15.4. The van der Waals surface area contributed by atoms with Gasteiger partial charge < -0.3 is 5.32 Å². The molecule has 0 unspecified atom stereocenters. The molecule has 0 spiro atoms. The number of pyridine rings is 1. The van der Waals surface area contributed by atoms with Crippen molar-refractivity contribution in [3.8, 4) is 0 Å². The minimum atomic E-state index is -0.0748. The summed E-state index contributed by atoms with van der Waals surface area (Å²) in [6.45, 7) is 3.70. The molecular formula is C22H27N3O. The van der Waals surface area contributed by atoms with E-state index in [9.17, 15) is 4.79 Å². The van der Waals surface area contributed by atoms with Crippen LogP contribution in [-0.4, -0.2) is 28.4 Å². The number of nitrogens with zero attached hydrogens (tertiary/aromatic N) is 2. The average Bonchev–Trinajstić information content (AvgIpc) is 3.48. The molecule has 1 N–H and O–H groups in total. The predicted octanol–water partition coefficient (Wildman–Crippen LogP) is 4.26. The fraction of sp³-hybridized carbons (Fsp3) is 0.455. The first-order valence-corrected chi connectivity index (χ1v) is 9.76. The molecule has 4 nitrogen and oxygen atoms in total. The maximum atomic E-state index is 12.9. The standard InChI is InChI=1S/C22H27N3O/c1-16-5-4-6-20(23-16)15-25-14-3-2-7-21(25)22(26)24-19-12-10-18(11-13-19)17-8-9-17/h4-6,10-13,17,21H,2-3,7-9,14-15H2,1H3,(H,24,26)/t21-/m1/s1. The molecule has 1 aromatic heterocycles. The lowest BCUT2D eigenvalue weighted by Crippen LogP contribution is -2.46. The third-order valence-corrected chi connectivity index (χ3v) is 5.45. The van der Waals surface area contributed by atoms with E-state index in [1.807, 2.05) is 37.3 Å². The highest BCUT2D eigenvalue weighted by Crippen LogP contribution is 2.40. The number of anilines is 1. The van der Waals surface area contributed by atoms with Gasteiger partial charge in [0.2, 0.25) is 5.91 Å². The normalized spacial score (nSPS) is 20.7. The third kappa shape index (κ3) is 4.13. The van der Waals surface area contributed by atoms with Crippen molar-refractivity contribution in [3.63, 3.8) is 0 Å². The minimum Gasteiger partial charge on any atom is -0.325 e. The Balaban J connectivity index is 1.42. The second-order valence-corrected chi connectivity index (χ2v) is 7.64. The molecule has 1 aliphatic heterocycles. The molecule has 136 valence electrons. The summed E-state index contributed by atoms with van der Waals surface area (Å²) in [6, 6.07) is 14.4. The van der Waals surface area contributed by atoms with E-state index in [0.29, 0.717) is 0 Å². The van der Waals surface area contributed by atoms with Gasteiger partial charge in [-0.15, -0.1) is 0 Å². The fourth-order valence-electron chi connectivity index (χ4n) is 3.85. The van der Waals surface area contributed by atoms with Crippen LogP contribution in [0.5, 0.6) is 0 Å². The number of rotatable bonds is 5.